The minimum absolute atomic E-state index is 0.235. The van der Waals surface area contributed by atoms with Crippen molar-refractivity contribution >= 4 is 0 Å². The summed E-state index contributed by atoms with van der Waals surface area (Å²) in [5, 5.41) is 0. The molecule has 2 aromatic rings. The first-order chi connectivity index (χ1) is 8.98. The highest BCUT2D eigenvalue weighted by molar-refractivity contribution is 5.27. The SMILES string of the molecule is NCc1nccn1Cc1ccc(OC(F)(F)F)cc1. The topological polar surface area (TPSA) is 53.1 Å². The second-order valence-electron chi connectivity index (χ2n) is 3.87. The molecule has 4 nitrogen and oxygen atoms in total. The summed E-state index contributed by atoms with van der Waals surface area (Å²) in [6, 6.07) is 5.70. The minimum atomic E-state index is -4.67. The maximum absolute atomic E-state index is 12.0. The molecule has 0 radical (unpaired) electrons. The normalized spacial score (nSPS) is 11.6. The second kappa shape index (κ2) is 5.31. The first-order valence-electron chi connectivity index (χ1n) is 5.53. The van der Waals surface area contributed by atoms with Crippen LogP contribution in [0, 0.1) is 0 Å². The van der Waals surface area contributed by atoms with Crippen molar-refractivity contribution in [1.82, 2.24) is 9.55 Å². The largest absolute Gasteiger partial charge is 0.573 e. The number of rotatable bonds is 4. The molecule has 0 fully saturated rings. The number of benzene rings is 1. The summed E-state index contributed by atoms with van der Waals surface area (Å²) in [5.74, 6) is 0.483. The molecule has 0 atom stereocenters. The molecule has 2 rings (SSSR count). The van der Waals surface area contributed by atoms with Crippen molar-refractivity contribution in [1.29, 1.82) is 0 Å². The number of nitrogens with two attached hydrogens (primary N) is 1. The zero-order valence-electron chi connectivity index (χ0n) is 9.89. The van der Waals surface area contributed by atoms with E-state index in [1.165, 1.54) is 12.1 Å². The highest BCUT2D eigenvalue weighted by Gasteiger charge is 2.30. The molecule has 0 aliphatic rings. The molecule has 1 aromatic carbocycles. The minimum Gasteiger partial charge on any atom is -0.406 e. The van der Waals surface area contributed by atoms with E-state index in [9.17, 15) is 13.2 Å². The summed E-state index contributed by atoms with van der Waals surface area (Å²) in [7, 11) is 0. The molecule has 0 saturated heterocycles. The number of hydrogen-bond donors (Lipinski definition) is 1. The van der Waals surface area contributed by atoms with Gasteiger partial charge in [0.05, 0.1) is 6.54 Å². The Labute approximate surface area is 107 Å². The summed E-state index contributed by atoms with van der Waals surface area (Å²) in [6.45, 7) is 0.807. The molecule has 0 aliphatic heterocycles. The zero-order valence-corrected chi connectivity index (χ0v) is 9.89. The third-order valence-electron chi connectivity index (χ3n) is 2.49. The molecule has 19 heavy (non-hydrogen) atoms. The second-order valence-corrected chi connectivity index (χ2v) is 3.87. The van der Waals surface area contributed by atoms with Crippen molar-refractivity contribution in [3.05, 3.63) is 48.0 Å². The Bertz CT molecular complexity index is 534. The number of aromatic nitrogens is 2. The van der Waals surface area contributed by atoms with E-state index in [1.807, 2.05) is 4.57 Å². The molecule has 7 heteroatoms. The molecular weight excluding hydrogens is 259 g/mol. The van der Waals surface area contributed by atoms with Crippen LogP contribution in [-0.2, 0) is 13.1 Å². The van der Waals surface area contributed by atoms with Crippen molar-refractivity contribution in [2.75, 3.05) is 0 Å². The van der Waals surface area contributed by atoms with Gasteiger partial charge in [0.2, 0.25) is 0 Å². The van der Waals surface area contributed by atoms with E-state index in [2.05, 4.69) is 9.72 Å². The van der Waals surface area contributed by atoms with Gasteiger partial charge in [-0.25, -0.2) is 4.98 Å². The van der Waals surface area contributed by atoms with Gasteiger partial charge in [0, 0.05) is 18.9 Å². The lowest BCUT2D eigenvalue weighted by molar-refractivity contribution is -0.274. The van der Waals surface area contributed by atoms with Crippen molar-refractivity contribution in [2.24, 2.45) is 5.73 Å². The molecule has 1 aromatic heterocycles. The van der Waals surface area contributed by atoms with E-state index < -0.39 is 6.36 Å². The van der Waals surface area contributed by atoms with Crippen LogP contribution in [-0.4, -0.2) is 15.9 Å². The summed E-state index contributed by atoms with van der Waals surface area (Å²) < 4.78 is 41.6. The van der Waals surface area contributed by atoms with Crippen molar-refractivity contribution in [2.45, 2.75) is 19.5 Å². The Kier molecular flexibility index (Phi) is 3.75. The Morgan fingerprint density at radius 2 is 1.89 bits per heavy atom. The highest BCUT2D eigenvalue weighted by atomic mass is 19.4. The van der Waals surface area contributed by atoms with Crippen molar-refractivity contribution in [3.8, 4) is 5.75 Å². The predicted octanol–water partition coefficient (Wildman–Crippen LogP) is 2.29. The molecule has 0 aliphatic carbocycles. The van der Waals surface area contributed by atoms with Crippen LogP contribution in [0.3, 0.4) is 0 Å². The van der Waals surface area contributed by atoms with Gasteiger partial charge >= 0.3 is 6.36 Å². The molecule has 0 unspecified atom stereocenters. The summed E-state index contributed by atoms with van der Waals surface area (Å²) in [6.07, 6.45) is -1.27. The Hall–Kier alpha value is -2.02. The van der Waals surface area contributed by atoms with Gasteiger partial charge in [-0.2, -0.15) is 0 Å². The maximum Gasteiger partial charge on any atom is 0.573 e. The van der Waals surface area contributed by atoms with Gasteiger partial charge in [-0.1, -0.05) is 12.1 Å². The molecule has 102 valence electrons. The predicted molar refractivity (Wildman–Crippen MR) is 62.3 cm³/mol. The smallest absolute Gasteiger partial charge is 0.406 e. The fourth-order valence-corrected chi connectivity index (χ4v) is 1.67. The standard InChI is InChI=1S/C12H12F3N3O/c13-12(14,15)19-10-3-1-9(2-4-10)8-18-6-5-17-11(18)7-16/h1-6H,7-8,16H2. The average Bonchev–Trinajstić information content (AvgIpc) is 2.77. The molecule has 0 spiro atoms. The van der Waals surface area contributed by atoms with Gasteiger partial charge in [-0.05, 0) is 17.7 Å². The first-order valence-corrected chi connectivity index (χ1v) is 5.53. The first kappa shape index (κ1) is 13.4. The van der Waals surface area contributed by atoms with Gasteiger partial charge in [0.25, 0.3) is 0 Å². The van der Waals surface area contributed by atoms with E-state index in [0.717, 1.165) is 11.4 Å². The van der Waals surface area contributed by atoms with Crippen LogP contribution in [0.25, 0.3) is 0 Å². The average molecular weight is 271 g/mol. The number of ether oxygens (including phenoxy) is 1. The lowest BCUT2D eigenvalue weighted by atomic mass is 10.2. The monoisotopic (exact) mass is 271 g/mol. The third-order valence-corrected chi connectivity index (χ3v) is 2.49. The van der Waals surface area contributed by atoms with Crippen LogP contribution in [0.1, 0.15) is 11.4 Å². The van der Waals surface area contributed by atoms with Crippen LogP contribution < -0.4 is 10.5 Å². The fourth-order valence-electron chi connectivity index (χ4n) is 1.67. The fraction of sp³-hybridized carbons (Fsp3) is 0.250. The summed E-state index contributed by atoms with van der Waals surface area (Å²) in [5.41, 5.74) is 6.35. The van der Waals surface area contributed by atoms with Crippen LogP contribution in [0.15, 0.2) is 36.7 Å². The Morgan fingerprint density at radius 3 is 2.47 bits per heavy atom. The van der Waals surface area contributed by atoms with Crippen molar-refractivity contribution < 1.29 is 17.9 Å². The van der Waals surface area contributed by atoms with Crippen molar-refractivity contribution in [3.63, 3.8) is 0 Å². The van der Waals surface area contributed by atoms with E-state index in [1.54, 1.807) is 24.5 Å². The molecule has 2 N–H and O–H groups in total. The summed E-state index contributed by atoms with van der Waals surface area (Å²) in [4.78, 5) is 4.06. The van der Waals surface area contributed by atoms with Crippen LogP contribution in [0.2, 0.25) is 0 Å². The number of imidazole rings is 1. The van der Waals surface area contributed by atoms with Crippen LogP contribution in [0.4, 0.5) is 13.2 Å². The number of halogens is 3. The van der Waals surface area contributed by atoms with Crippen LogP contribution >= 0.6 is 0 Å². The summed E-state index contributed by atoms with van der Waals surface area (Å²) >= 11 is 0. The van der Waals surface area contributed by atoms with Crippen LogP contribution in [0.5, 0.6) is 5.75 Å². The quantitative estimate of drug-likeness (QED) is 0.928. The molecule has 0 saturated carbocycles. The van der Waals surface area contributed by atoms with Gasteiger partial charge in [-0.3, -0.25) is 0 Å². The number of hydrogen-bond acceptors (Lipinski definition) is 3. The maximum atomic E-state index is 12.0. The van der Waals surface area contributed by atoms with Gasteiger partial charge in [0.15, 0.2) is 0 Å². The third kappa shape index (κ3) is 3.72. The number of nitrogens with zero attached hydrogens (tertiary/aromatic N) is 2. The lowest BCUT2D eigenvalue weighted by Crippen LogP contribution is -2.17. The number of alkyl halides is 3. The van der Waals surface area contributed by atoms with E-state index in [0.29, 0.717) is 13.1 Å². The highest BCUT2D eigenvalue weighted by Crippen LogP contribution is 2.22. The Balaban J connectivity index is 2.07. The lowest BCUT2D eigenvalue weighted by Gasteiger charge is -2.10. The van der Waals surface area contributed by atoms with Gasteiger partial charge in [-0.15, -0.1) is 13.2 Å². The van der Waals surface area contributed by atoms with E-state index >= 15 is 0 Å². The molecule has 0 bridgehead atoms. The molecule has 1 heterocycles. The Morgan fingerprint density at radius 1 is 1.21 bits per heavy atom. The van der Waals surface area contributed by atoms with E-state index in [4.69, 9.17) is 5.73 Å². The molecular formula is C12H12F3N3O. The van der Waals surface area contributed by atoms with E-state index in [-0.39, 0.29) is 5.75 Å². The van der Waals surface area contributed by atoms with Gasteiger partial charge in [0.1, 0.15) is 11.6 Å². The van der Waals surface area contributed by atoms with Gasteiger partial charge < -0.3 is 15.0 Å². The molecule has 0 amide bonds. The zero-order chi connectivity index (χ0) is 13.9.